The molecule has 0 amide bonds. The number of benzene rings is 1. The van der Waals surface area contributed by atoms with Gasteiger partial charge in [-0.25, -0.2) is 9.78 Å². The Kier molecular flexibility index (Phi) is 7.43. The number of carboxylic acids is 1. The van der Waals surface area contributed by atoms with Crippen molar-refractivity contribution in [3.8, 4) is 11.5 Å². The highest BCUT2D eigenvalue weighted by Crippen LogP contribution is 2.36. The van der Waals surface area contributed by atoms with E-state index in [1.807, 2.05) is 6.92 Å². The smallest absolute Gasteiger partial charge is 0.337 e. The number of aromatic carboxylic acids is 1. The maximum absolute atomic E-state index is 10.8. The Morgan fingerprint density at radius 1 is 1.37 bits per heavy atom. The molecule has 2 rings (SSSR count). The van der Waals surface area contributed by atoms with Crippen molar-refractivity contribution in [2.75, 3.05) is 18.6 Å². The summed E-state index contributed by atoms with van der Waals surface area (Å²) in [4.78, 5) is 14.8. The predicted octanol–water partition coefficient (Wildman–Crippen LogP) is 4.31. The van der Waals surface area contributed by atoms with Gasteiger partial charge in [-0.15, -0.1) is 0 Å². The molecular weight excluding hydrogens is 370 g/mol. The number of carboxylic acid groups (broad SMARTS) is 1. The molecule has 2 aromatic rings. The van der Waals surface area contributed by atoms with Crippen LogP contribution in [0.15, 0.2) is 35.6 Å². The van der Waals surface area contributed by atoms with Crippen LogP contribution in [0.25, 0.3) is 0 Å². The van der Waals surface area contributed by atoms with Gasteiger partial charge in [-0.1, -0.05) is 25.4 Å². The van der Waals surface area contributed by atoms with E-state index in [0.717, 1.165) is 5.56 Å². The van der Waals surface area contributed by atoms with Gasteiger partial charge in [0, 0.05) is 6.20 Å². The van der Waals surface area contributed by atoms with Gasteiger partial charge in [0.25, 0.3) is 0 Å². The monoisotopic (exact) mass is 391 g/mol. The van der Waals surface area contributed by atoms with Gasteiger partial charge < -0.3 is 14.6 Å². The summed E-state index contributed by atoms with van der Waals surface area (Å²) in [5.74, 6) is 0.819. The van der Waals surface area contributed by atoms with Crippen molar-refractivity contribution in [3.63, 3.8) is 0 Å². The molecule has 0 bridgehead atoms. The number of nitrogens with zero attached hydrogens (tertiary/aromatic N) is 2. The first kappa shape index (κ1) is 20.5. The van der Waals surface area contributed by atoms with Crippen molar-refractivity contribution in [2.45, 2.75) is 20.8 Å². The Balaban J connectivity index is 2.12. The van der Waals surface area contributed by atoms with Crippen LogP contribution in [0.4, 0.5) is 5.82 Å². The summed E-state index contributed by atoms with van der Waals surface area (Å²) in [5, 5.41) is 13.4. The standard InChI is InChI=1S/C19H22ClN3O4/c1-4-26-16-8-13(7-15(20)18(16)27-11-12(2)3)9-22-23-17-6-5-14(10-21-17)19(24)25/h5-10,12H,4,11H2,1-3H3,(H,21,23)(H,24,25)/b22-9+. The highest BCUT2D eigenvalue weighted by atomic mass is 35.5. The molecule has 0 saturated heterocycles. The van der Waals surface area contributed by atoms with Crippen LogP contribution in [-0.4, -0.2) is 35.5 Å². The summed E-state index contributed by atoms with van der Waals surface area (Å²) >= 11 is 6.34. The number of carbonyl (C=O) groups is 1. The lowest BCUT2D eigenvalue weighted by molar-refractivity contribution is 0.0696. The van der Waals surface area contributed by atoms with E-state index >= 15 is 0 Å². The first-order valence-electron chi connectivity index (χ1n) is 8.48. The molecule has 0 radical (unpaired) electrons. The Labute approximate surface area is 163 Å². The summed E-state index contributed by atoms with van der Waals surface area (Å²) in [6.07, 6.45) is 2.82. The van der Waals surface area contributed by atoms with E-state index in [1.54, 1.807) is 18.3 Å². The number of hydrazone groups is 1. The van der Waals surface area contributed by atoms with Crippen LogP contribution < -0.4 is 14.9 Å². The third-order valence-corrected chi connectivity index (χ3v) is 3.58. The van der Waals surface area contributed by atoms with Gasteiger partial charge in [-0.2, -0.15) is 5.10 Å². The zero-order valence-electron chi connectivity index (χ0n) is 15.4. The number of halogens is 1. The minimum atomic E-state index is -1.03. The van der Waals surface area contributed by atoms with Crippen LogP contribution in [0.2, 0.25) is 5.02 Å². The number of anilines is 1. The molecule has 8 heteroatoms. The molecule has 0 saturated carbocycles. The summed E-state index contributed by atoms with van der Waals surface area (Å²) in [6.45, 7) is 7.00. The Hall–Kier alpha value is -2.80. The fourth-order valence-corrected chi connectivity index (χ4v) is 2.35. The van der Waals surface area contributed by atoms with Crippen LogP contribution in [0.5, 0.6) is 11.5 Å². The molecule has 1 heterocycles. The van der Waals surface area contributed by atoms with E-state index in [0.29, 0.717) is 41.5 Å². The van der Waals surface area contributed by atoms with Gasteiger partial charge in [0.15, 0.2) is 11.5 Å². The molecule has 27 heavy (non-hydrogen) atoms. The average molecular weight is 392 g/mol. The molecule has 0 atom stereocenters. The van der Waals surface area contributed by atoms with Gasteiger partial charge >= 0.3 is 5.97 Å². The van der Waals surface area contributed by atoms with E-state index < -0.39 is 5.97 Å². The molecule has 0 fully saturated rings. The highest BCUT2D eigenvalue weighted by Gasteiger charge is 2.13. The summed E-state index contributed by atoms with van der Waals surface area (Å²) in [7, 11) is 0. The van der Waals surface area contributed by atoms with E-state index in [-0.39, 0.29) is 5.56 Å². The number of rotatable bonds is 9. The van der Waals surface area contributed by atoms with E-state index in [1.165, 1.54) is 18.3 Å². The van der Waals surface area contributed by atoms with Gasteiger partial charge in [0.05, 0.1) is 30.0 Å². The Morgan fingerprint density at radius 3 is 2.74 bits per heavy atom. The minimum absolute atomic E-state index is 0.106. The molecule has 144 valence electrons. The summed E-state index contributed by atoms with van der Waals surface area (Å²) < 4.78 is 11.4. The van der Waals surface area contributed by atoms with Gasteiger partial charge in [0.1, 0.15) is 5.82 Å². The second-order valence-corrected chi connectivity index (χ2v) is 6.48. The van der Waals surface area contributed by atoms with Crippen molar-refractivity contribution in [2.24, 2.45) is 11.0 Å². The number of pyridine rings is 1. The lowest BCUT2D eigenvalue weighted by atomic mass is 10.2. The zero-order valence-corrected chi connectivity index (χ0v) is 16.2. The van der Waals surface area contributed by atoms with E-state index in [2.05, 4.69) is 29.4 Å². The van der Waals surface area contributed by atoms with Gasteiger partial charge in [0.2, 0.25) is 0 Å². The number of hydrogen-bond acceptors (Lipinski definition) is 6. The largest absolute Gasteiger partial charge is 0.490 e. The van der Waals surface area contributed by atoms with Gasteiger partial charge in [-0.3, -0.25) is 5.43 Å². The molecule has 0 unspecified atom stereocenters. The number of aromatic nitrogens is 1. The lowest BCUT2D eigenvalue weighted by Gasteiger charge is -2.15. The van der Waals surface area contributed by atoms with Crippen LogP contribution in [0.1, 0.15) is 36.7 Å². The van der Waals surface area contributed by atoms with E-state index in [4.69, 9.17) is 26.2 Å². The second kappa shape index (κ2) is 9.78. The fourth-order valence-electron chi connectivity index (χ4n) is 2.07. The lowest BCUT2D eigenvalue weighted by Crippen LogP contribution is -2.07. The predicted molar refractivity (Wildman–Crippen MR) is 105 cm³/mol. The first-order chi connectivity index (χ1) is 12.9. The molecule has 1 aromatic carbocycles. The summed E-state index contributed by atoms with van der Waals surface area (Å²) in [5.41, 5.74) is 3.56. The van der Waals surface area contributed by atoms with Crippen LogP contribution in [-0.2, 0) is 0 Å². The first-order valence-corrected chi connectivity index (χ1v) is 8.86. The average Bonchev–Trinajstić information content (AvgIpc) is 2.61. The maximum atomic E-state index is 10.8. The zero-order chi connectivity index (χ0) is 19.8. The van der Waals surface area contributed by atoms with Crippen molar-refractivity contribution in [3.05, 3.63) is 46.6 Å². The van der Waals surface area contributed by atoms with E-state index in [9.17, 15) is 4.79 Å². The van der Waals surface area contributed by atoms with Crippen LogP contribution in [0.3, 0.4) is 0 Å². The third-order valence-electron chi connectivity index (χ3n) is 3.30. The van der Waals surface area contributed by atoms with Crippen molar-refractivity contribution >= 4 is 29.6 Å². The number of ether oxygens (including phenoxy) is 2. The molecular formula is C19H22ClN3O4. The SMILES string of the molecule is CCOc1cc(/C=N/Nc2ccc(C(=O)O)cn2)cc(Cl)c1OCC(C)C. The molecule has 0 aliphatic heterocycles. The van der Waals surface area contributed by atoms with Crippen LogP contribution in [0, 0.1) is 5.92 Å². The Morgan fingerprint density at radius 2 is 2.15 bits per heavy atom. The number of hydrogen-bond donors (Lipinski definition) is 2. The molecule has 0 aliphatic rings. The maximum Gasteiger partial charge on any atom is 0.337 e. The molecule has 0 aliphatic carbocycles. The summed E-state index contributed by atoms with van der Waals surface area (Å²) in [6, 6.07) is 6.49. The minimum Gasteiger partial charge on any atom is -0.490 e. The third kappa shape index (κ3) is 6.14. The van der Waals surface area contributed by atoms with Crippen LogP contribution >= 0.6 is 11.6 Å². The quantitative estimate of drug-likeness (QED) is 0.488. The highest BCUT2D eigenvalue weighted by molar-refractivity contribution is 6.32. The van der Waals surface area contributed by atoms with Gasteiger partial charge in [-0.05, 0) is 42.7 Å². The molecule has 7 nitrogen and oxygen atoms in total. The molecule has 2 N–H and O–H groups in total. The fraction of sp³-hybridized carbons (Fsp3) is 0.316. The number of nitrogens with one attached hydrogen (secondary N) is 1. The second-order valence-electron chi connectivity index (χ2n) is 6.08. The van der Waals surface area contributed by atoms with Crippen molar-refractivity contribution < 1.29 is 19.4 Å². The molecule has 0 spiro atoms. The van der Waals surface area contributed by atoms with Crippen molar-refractivity contribution in [1.82, 2.24) is 4.98 Å². The van der Waals surface area contributed by atoms with Crippen molar-refractivity contribution in [1.29, 1.82) is 0 Å². The molecule has 1 aromatic heterocycles. The topological polar surface area (TPSA) is 93.0 Å². The Bertz CT molecular complexity index is 807. The normalized spacial score (nSPS) is 11.0.